The van der Waals surface area contributed by atoms with E-state index >= 15 is 0 Å². The Balaban J connectivity index is 3.23. The van der Waals surface area contributed by atoms with Crippen LogP contribution < -0.4 is 4.74 Å². The number of benzene rings is 1. The molecule has 1 rings (SSSR count). The molecule has 20 heavy (non-hydrogen) atoms. The van der Waals surface area contributed by atoms with Gasteiger partial charge in [0, 0.05) is 10.7 Å². The Bertz CT molecular complexity index is 536. The summed E-state index contributed by atoms with van der Waals surface area (Å²) in [5.41, 5.74) is 0.904. The van der Waals surface area contributed by atoms with Crippen LogP contribution in [-0.4, -0.2) is 14.5 Å². The third kappa shape index (κ3) is 4.38. The minimum Gasteiger partial charge on any atom is -0.490 e. The third-order valence-electron chi connectivity index (χ3n) is 3.61. The lowest BCUT2D eigenvalue weighted by molar-refractivity contribution is 0.190. The quantitative estimate of drug-likeness (QED) is 0.685. The topological polar surface area (TPSA) is 43.4 Å². The molecule has 5 heteroatoms. The molecule has 0 aliphatic rings. The summed E-state index contributed by atoms with van der Waals surface area (Å²) in [6, 6.07) is 4.86. The molecule has 0 bridgehead atoms. The summed E-state index contributed by atoms with van der Waals surface area (Å²) in [7, 11) is 1.72. The van der Waals surface area contributed by atoms with Gasteiger partial charge < -0.3 is 4.74 Å². The van der Waals surface area contributed by atoms with Crippen molar-refractivity contribution in [2.24, 2.45) is 0 Å². The maximum Gasteiger partial charge on any atom is 0.261 e. The fraction of sp³-hybridized carbons (Fsp3) is 0.600. The number of rotatable bonds is 7. The van der Waals surface area contributed by atoms with Crippen molar-refractivity contribution in [1.29, 1.82) is 0 Å². The van der Waals surface area contributed by atoms with Gasteiger partial charge >= 0.3 is 0 Å². The molecule has 0 heterocycles. The highest BCUT2D eigenvalue weighted by Gasteiger charge is 2.18. The minimum atomic E-state index is -3.71. The van der Waals surface area contributed by atoms with Crippen molar-refractivity contribution in [1.82, 2.24) is 0 Å². The largest absolute Gasteiger partial charge is 0.490 e. The molecule has 0 N–H and O–H groups in total. The van der Waals surface area contributed by atoms with E-state index in [9.17, 15) is 8.42 Å². The van der Waals surface area contributed by atoms with Gasteiger partial charge in [0.2, 0.25) is 0 Å². The van der Waals surface area contributed by atoms with Gasteiger partial charge in [0.15, 0.2) is 0 Å². The first-order valence-corrected chi connectivity index (χ1v) is 9.39. The monoisotopic (exact) mass is 318 g/mol. The van der Waals surface area contributed by atoms with Crippen LogP contribution in [0.3, 0.4) is 0 Å². The number of hydrogen-bond acceptors (Lipinski definition) is 3. The fourth-order valence-electron chi connectivity index (χ4n) is 2.03. The molecule has 1 aromatic carbocycles. The summed E-state index contributed by atoms with van der Waals surface area (Å²) in [6.07, 6.45) is 2.90. The lowest BCUT2D eigenvalue weighted by atomic mass is 9.97. The molecular formula is C15H23ClO3S. The first kappa shape index (κ1) is 17.3. The fourth-order valence-corrected chi connectivity index (χ4v) is 2.81. The minimum absolute atomic E-state index is 0.131. The van der Waals surface area contributed by atoms with Crippen molar-refractivity contribution in [3.63, 3.8) is 0 Å². The zero-order valence-electron chi connectivity index (χ0n) is 12.5. The second-order valence-corrected chi connectivity index (χ2v) is 7.57. The Hall–Kier alpha value is -0.740. The smallest absolute Gasteiger partial charge is 0.261 e. The molecular weight excluding hydrogens is 296 g/mol. The van der Waals surface area contributed by atoms with Crippen LogP contribution in [0.15, 0.2) is 23.1 Å². The Morgan fingerprint density at radius 3 is 2.20 bits per heavy atom. The normalized spacial score (nSPS) is 13.5. The first-order chi connectivity index (χ1) is 9.33. The highest BCUT2D eigenvalue weighted by Crippen LogP contribution is 2.33. The van der Waals surface area contributed by atoms with Gasteiger partial charge in [-0.2, -0.15) is 0 Å². The summed E-state index contributed by atoms with van der Waals surface area (Å²) >= 11 is 0. The molecule has 0 saturated carbocycles. The van der Waals surface area contributed by atoms with Crippen LogP contribution in [0.2, 0.25) is 0 Å². The molecule has 1 aromatic rings. The second-order valence-electron chi connectivity index (χ2n) is 5.00. The lowest BCUT2D eigenvalue weighted by Crippen LogP contribution is -2.15. The molecule has 0 spiro atoms. The van der Waals surface area contributed by atoms with Crippen LogP contribution in [0.25, 0.3) is 0 Å². The predicted octanol–water partition coefficient (Wildman–Crippen LogP) is 4.70. The van der Waals surface area contributed by atoms with Gasteiger partial charge in [-0.25, -0.2) is 8.42 Å². The highest BCUT2D eigenvalue weighted by molar-refractivity contribution is 8.13. The van der Waals surface area contributed by atoms with E-state index in [1.165, 1.54) is 6.07 Å². The van der Waals surface area contributed by atoms with E-state index < -0.39 is 9.05 Å². The Kier molecular flexibility index (Phi) is 6.34. The molecule has 114 valence electrons. The highest BCUT2D eigenvalue weighted by atomic mass is 35.7. The summed E-state index contributed by atoms with van der Waals surface area (Å²) in [4.78, 5) is 0.131. The van der Waals surface area contributed by atoms with Crippen molar-refractivity contribution in [3.8, 4) is 5.75 Å². The summed E-state index contributed by atoms with van der Waals surface area (Å²) < 4.78 is 28.9. The van der Waals surface area contributed by atoms with E-state index in [0.717, 1.165) is 30.6 Å². The van der Waals surface area contributed by atoms with Crippen LogP contribution in [0, 0.1) is 0 Å². The standard InChI is InChI=1S/C15H23ClO3S/c1-5-11(4)14-10-13(20(16,17)18)8-9-15(14)19-12(6-2)7-3/h8-12H,5-7H2,1-4H3. The van der Waals surface area contributed by atoms with Gasteiger partial charge in [0.05, 0.1) is 11.0 Å². The van der Waals surface area contributed by atoms with E-state index in [4.69, 9.17) is 15.4 Å². The van der Waals surface area contributed by atoms with E-state index in [-0.39, 0.29) is 16.9 Å². The number of hydrogen-bond donors (Lipinski definition) is 0. The van der Waals surface area contributed by atoms with Crippen molar-refractivity contribution in [3.05, 3.63) is 23.8 Å². The molecule has 0 saturated heterocycles. The second kappa shape index (κ2) is 7.32. The van der Waals surface area contributed by atoms with E-state index in [1.54, 1.807) is 12.1 Å². The van der Waals surface area contributed by atoms with Crippen LogP contribution in [0.4, 0.5) is 0 Å². The van der Waals surface area contributed by atoms with E-state index in [0.29, 0.717) is 0 Å². The lowest BCUT2D eigenvalue weighted by Gasteiger charge is -2.21. The van der Waals surface area contributed by atoms with Crippen LogP contribution in [-0.2, 0) is 9.05 Å². The van der Waals surface area contributed by atoms with E-state index in [2.05, 4.69) is 27.7 Å². The average Bonchev–Trinajstić information content (AvgIpc) is 2.42. The van der Waals surface area contributed by atoms with Crippen molar-refractivity contribution >= 4 is 19.7 Å². The molecule has 0 aromatic heterocycles. The maximum atomic E-state index is 11.5. The molecule has 0 radical (unpaired) electrons. The number of halogens is 1. The van der Waals surface area contributed by atoms with E-state index in [1.807, 2.05) is 0 Å². The van der Waals surface area contributed by atoms with Gasteiger partial charge in [0.25, 0.3) is 9.05 Å². The van der Waals surface area contributed by atoms with Crippen LogP contribution >= 0.6 is 10.7 Å². The SMILES string of the molecule is CCC(CC)Oc1ccc(S(=O)(=O)Cl)cc1C(C)CC. The average molecular weight is 319 g/mol. The van der Waals surface area contributed by atoms with Gasteiger partial charge in [0.1, 0.15) is 5.75 Å². The van der Waals surface area contributed by atoms with Crippen LogP contribution in [0.1, 0.15) is 58.4 Å². The van der Waals surface area contributed by atoms with Crippen LogP contribution in [0.5, 0.6) is 5.75 Å². The Morgan fingerprint density at radius 1 is 1.15 bits per heavy atom. The third-order valence-corrected chi connectivity index (χ3v) is 4.96. The molecule has 1 unspecified atom stereocenters. The maximum absolute atomic E-state index is 11.5. The van der Waals surface area contributed by atoms with Crippen molar-refractivity contribution < 1.29 is 13.2 Å². The molecule has 3 nitrogen and oxygen atoms in total. The first-order valence-electron chi connectivity index (χ1n) is 7.08. The van der Waals surface area contributed by atoms with Crippen molar-refractivity contribution in [2.45, 2.75) is 63.9 Å². The van der Waals surface area contributed by atoms with Gasteiger partial charge in [-0.3, -0.25) is 0 Å². The molecule has 1 atom stereocenters. The molecule has 0 amide bonds. The summed E-state index contributed by atoms with van der Waals surface area (Å²) in [5, 5.41) is 0. The van der Waals surface area contributed by atoms with Gasteiger partial charge in [-0.05, 0) is 48.9 Å². The molecule has 0 aliphatic heterocycles. The number of ether oxygens (including phenoxy) is 1. The predicted molar refractivity (Wildman–Crippen MR) is 83.2 cm³/mol. The van der Waals surface area contributed by atoms with Gasteiger partial charge in [-0.15, -0.1) is 0 Å². The zero-order chi connectivity index (χ0) is 15.3. The van der Waals surface area contributed by atoms with Crippen molar-refractivity contribution in [2.75, 3.05) is 0 Å². The summed E-state index contributed by atoms with van der Waals surface area (Å²) in [6.45, 7) is 8.27. The Morgan fingerprint density at radius 2 is 1.75 bits per heavy atom. The van der Waals surface area contributed by atoms with Gasteiger partial charge in [-0.1, -0.05) is 27.7 Å². The molecule has 0 fully saturated rings. The molecule has 0 aliphatic carbocycles. The Labute approximate surface area is 126 Å². The summed E-state index contributed by atoms with van der Waals surface area (Å²) in [5.74, 6) is 0.981. The zero-order valence-corrected chi connectivity index (χ0v) is 14.1.